The van der Waals surface area contributed by atoms with E-state index in [0.717, 1.165) is 12.8 Å². The van der Waals surface area contributed by atoms with Crippen molar-refractivity contribution in [2.24, 2.45) is 0 Å². The molecule has 0 unspecified atom stereocenters. The van der Waals surface area contributed by atoms with Crippen LogP contribution in [0.2, 0.25) is 0 Å². The Hall–Kier alpha value is -1.79. The van der Waals surface area contributed by atoms with Crippen molar-refractivity contribution in [1.82, 2.24) is 10.2 Å². The van der Waals surface area contributed by atoms with Crippen molar-refractivity contribution in [3.8, 4) is 0 Å². The molecule has 0 radical (unpaired) electrons. The van der Waals surface area contributed by atoms with E-state index in [2.05, 4.69) is 5.32 Å². The Balaban J connectivity index is 3.81. The lowest BCUT2D eigenvalue weighted by Crippen LogP contribution is -2.43. The molecule has 0 saturated heterocycles. The Bertz CT molecular complexity index is 320. The van der Waals surface area contributed by atoms with Gasteiger partial charge in [-0.15, -0.1) is 0 Å². The summed E-state index contributed by atoms with van der Waals surface area (Å²) in [5.41, 5.74) is 0. The number of carboxylic acid groups (broad SMARTS) is 1. The number of urea groups is 1. The summed E-state index contributed by atoms with van der Waals surface area (Å²) in [5, 5.41) is 11.2. The predicted octanol–water partition coefficient (Wildman–Crippen LogP) is 1.23. The fraction of sp³-hybridized carbons (Fsp3) is 0.769. The molecule has 0 aliphatic carbocycles. The molecule has 0 bridgehead atoms. The summed E-state index contributed by atoms with van der Waals surface area (Å²) in [6, 6.07) is -0.307. The maximum Gasteiger partial charge on any atom is 0.325 e. The summed E-state index contributed by atoms with van der Waals surface area (Å²) in [6.45, 7) is 4.62. The maximum absolute atomic E-state index is 11.8. The smallest absolute Gasteiger partial charge is 0.325 e. The van der Waals surface area contributed by atoms with E-state index in [0.29, 0.717) is 26.1 Å². The van der Waals surface area contributed by atoms with Gasteiger partial charge in [0.15, 0.2) is 0 Å². The van der Waals surface area contributed by atoms with Crippen molar-refractivity contribution in [3.63, 3.8) is 0 Å². The van der Waals surface area contributed by atoms with Crippen molar-refractivity contribution >= 4 is 18.0 Å². The molecular formula is C13H24N2O5. The standard InChI is InChI=1S/C13H24N2O5/c1-3-15(10-12(18)20-4-2)13(19)14-9-7-5-6-8-11(16)17/h3-10H2,1-2H3,(H,14,19)(H,16,17). The van der Waals surface area contributed by atoms with Crippen molar-refractivity contribution in [2.75, 3.05) is 26.2 Å². The molecule has 0 rings (SSSR count). The number of rotatable bonds is 10. The van der Waals surface area contributed by atoms with Crippen LogP contribution in [0.5, 0.6) is 0 Å². The average Bonchev–Trinajstić information content (AvgIpc) is 2.39. The summed E-state index contributed by atoms with van der Waals surface area (Å²) in [7, 11) is 0. The molecule has 0 saturated carbocycles. The second kappa shape index (κ2) is 11.1. The molecule has 116 valence electrons. The van der Waals surface area contributed by atoms with E-state index in [1.54, 1.807) is 13.8 Å². The first-order valence-corrected chi connectivity index (χ1v) is 6.91. The van der Waals surface area contributed by atoms with E-state index >= 15 is 0 Å². The van der Waals surface area contributed by atoms with Gasteiger partial charge >= 0.3 is 18.0 Å². The predicted molar refractivity (Wildman–Crippen MR) is 73.4 cm³/mol. The van der Waals surface area contributed by atoms with Crippen LogP contribution in [0.4, 0.5) is 4.79 Å². The van der Waals surface area contributed by atoms with Crippen LogP contribution in [0, 0.1) is 0 Å². The van der Waals surface area contributed by atoms with Crippen LogP contribution in [0.3, 0.4) is 0 Å². The van der Waals surface area contributed by atoms with E-state index in [1.807, 2.05) is 0 Å². The number of amides is 2. The van der Waals surface area contributed by atoms with E-state index < -0.39 is 11.9 Å². The second-order valence-electron chi connectivity index (χ2n) is 4.26. The minimum Gasteiger partial charge on any atom is -0.481 e. The van der Waals surface area contributed by atoms with Gasteiger partial charge in [-0.2, -0.15) is 0 Å². The Morgan fingerprint density at radius 3 is 2.40 bits per heavy atom. The molecular weight excluding hydrogens is 264 g/mol. The first-order chi connectivity index (χ1) is 9.51. The zero-order valence-corrected chi connectivity index (χ0v) is 12.2. The van der Waals surface area contributed by atoms with Crippen molar-refractivity contribution in [2.45, 2.75) is 39.5 Å². The summed E-state index contributed by atoms with van der Waals surface area (Å²) in [4.78, 5) is 34.7. The third-order valence-corrected chi connectivity index (χ3v) is 2.64. The third-order valence-electron chi connectivity index (χ3n) is 2.64. The first kappa shape index (κ1) is 18.2. The van der Waals surface area contributed by atoms with Crippen molar-refractivity contribution in [1.29, 1.82) is 0 Å². The lowest BCUT2D eigenvalue weighted by atomic mass is 10.2. The minimum atomic E-state index is -0.805. The quantitative estimate of drug-likeness (QED) is 0.465. The van der Waals surface area contributed by atoms with E-state index in [9.17, 15) is 14.4 Å². The van der Waals surface area contributed by atoms with E-state index in [1.165, 1.54) is 4.90 Å². The van der Waals surface area contributed by atoms with Gasteiger partial charge in [-0.3, -0.25) is 9.59 Å². The van der Waals surface area contributed by atoms with Gasteiger partial charge in [0.05, 0.1) is 6.61 Å². The van der Waals surface area contributed by atoms with Crippen LogP contribution < -0.4 is 5.32 Å². The van der Waals surface area contributed by atoms with Gasteiger partial charge in [0.2, 0.25) is 0 Å². The number of carbonyl (C=O) groups excluding carboxylic acids is 2. The molecule has 0 aliphatic heterocycles. The number of carbonyl (C=O) groups is 3. The van der Waals surface area contributed by atoms with E-state index in [4.69, 9.17) is 9.84 Å². The monoisotopic (exact) mass is 288 g/mol. The molecule has 0 spiro atoms. The fourth-order valence-electron chi connectivity index (χ4n) is 1.57. The summed E-state index contributed by atoms with van der Waals surface area (Å²) in [6.07, 6.45) is 2.22. The summed E-state index contributed by atoms with van der Waals surface area (Å²) >= 11 is 0. The fourth-order valence-corrected chi connectivity index (χ4v) is 1.57. The number of aliphatic carboxylic acids is 1. The molecule has 0 fully saturated rings. The number of hydrogen-bond acceptors (Lipinski definition) is 4. The molecule has 0 aromatic carbocycles. The van der Waals surface area contributed by atoms with Crippen molar-refractivity contribution in [3.05, 3.63) is 0 Å². The molecule has 0 atom stereocenters. The number of nitrogens with one attached hydrogen (secondary N) is 1. The largest absolute Gasteiger partial charge is 0.481 e. The Morgan fingerprint density at radius 1 is 1.15 bits per heavy atom. The average molecular weight is 288 g/mol. The maximum atomic E-state index is 11.8. The first-order valence-electron chi connectivity index (χ1n) is 6.91. The van der Waals surface area contributed by atoms with Gasteiger partial charge in [-0.1, -0.05) is 6.42 Å². The van der Waals surface area contributed by atoms with Gasteiger partial charge in [0, 0.05) is 19.5 Å². The molecule has 0 aliphatic rings. The Morgan fingerprint density at radius 2 is 1.85 bits per heavy atom. The van der Waals surface area contributed by atoms with Gasteiger partial charge in [-0.05, 0) is 26.7 Å². The molecule has 0 heterocycles. The number of ether oxygens (including phenoxy) is 1. The van der Waals surface area contributed by atoms with Crippen LogP contribution >= 0.6 is 0 Å². The Kier molecular flexibility index (Phi) is 10.1. The highest BCUT2D eigenvalue weighted by atomic mass is 16.5. The molecule has 0 aromatic rings. The molecule has 2 amide bonds. The number of unbranched alkanes of at least 4 members (excludes halogenated alkanes) is 2. The van der Waals surface area contributed by atoms with Crippen LogP contribution in [0.1, 0.15) is 39.5 Å². The summed E-state index contributed by atoms with van der Waals surface area (Å²) < 4.78 is 4.79. The van der Waals surface area contributed by atoms with Gasteiger partial charge in [0.25, 0.3) is 0 Å². The zero-order valence-electron chi connectivity index (χ0n) is 12.2. The van der Waals surface area contributed by atoms with Gasteiger partial charge in [0.1, 0.15) is 6.54 Å². The highest BCUT2D eigenvalue weighted by Crippen LogP contribution is 1.99. The SMILES string of the molecule is CCOC(=O)CN(CC)C(=O)NCCCCCC(=O)O. The molecule has 7 nitrogen and oxygen atoms in total. The lowest BCUT2D eigenvalue weighted by molar-refractivity contribution is -0.143. The molecule has 7 heteroatoms. The van der Waals surface area contributed by atoms with Gasteiger partial charge < -0.3 is 20.1 Å². The molecule has 0 aromatic heterocycles. The number of carboxylic acids is 1. The van der Waals surface area contributed by atoms with Crippen LogP contribution in [0.25, 0.3) is 0 Å². The minimum absolute atomic E-state index is 0.0603. The number of esters is 1. The van der Waals surface area contributed by atoms with Crippen LogP contribution in [-0.2, 0) is 14.3 Å². The van der Waals surface area contributed by atoms with Crippen LogP contribution in [-0.4, -0.2) is 54.2 Å². The number of nitrogens with zero attached hydrogens (tertiary/aromatic N) is 1. The molecule has 2 N–H and O–H groups in total. The Labute approximate surface area is 119 Å². The summed E-state index contributed by atoms with van der Waals surface area (Å²) in [5.74, 6) is -1.23. The van der Waals surface area contributed by atoms with Crippen molar-refractivity contribution < 1.29 is 24.2 Å². The van der Waals surface area contributed by atoms with E-state index in [-0.39, 0.29) is 19.0 Å². The highest BCUT2D eigenvalue weighted by molar-refractivity contribution is 5.80. The highest BCUT2D eigenvalue weighted by Gasteiger charge is 2.15. The number of hydrogen-bond donors (Lipinski definition) is 2. The zero-order chi connectivity index (χ0) is 15.4. The topological polar surface area (TPSA) is 95.9 Å². The lowest BCUT2D eigenvalue weighted by Gasteiger charge is -2.20. The van der Waals surface area contributed by atoms with Gasteiger partial charge in [-0.25, -0.2) is 4.79 Å². The third kappa shape index (κ3) is 9.18. The molecule has 20 heavy (non-hydrogen) atoms. The number of likely N-dealkylation sites (N-methyl/N-ethyl adjacent to an activating group) is 1. The normalized spacial score (nSPS) is 9.90. The van der Waals surface area contributed by atoms with Crippen LogP contribution in [0.15, 0.2) is 0 Å². The second-order valence-corrected chi connectivity index (χ2v) is 4.26.